The highest BCUT2D eigenvalue weighted by Crippen LogP contribution is 2.19. The van der Waals surface area contributed by atoms with Crippen molar-refractivity contribution in [2.45, 2.75) is 6.92 Å². The molecular formula is C12H11BrClN5O. The number of hydrazine groups is 1. The minimum atomic E-state index is -0.457. The number of nitrogens with one attached hydrogen (secondary N) is 2. The molecule has 0 aliphatic rings. The number of hydrogen-bond acceptors (Lipinski definition) is 5. The third kappa shape index (κ3) is 3.24. The van der Waals surface area contributed by atoms with E-state index < -0.39 is 5.91 Å². The Morgan fingerprint density at radius 1 is 1.25 bits per heavy atom. The Morgan fingerprint density at radius 3 is 2.60 bits per heavy atom. The number of halogens is 2. The van der Waals surface area contributed by atoms with Crippen molar-refractivity contribution in [3.8, 4) is 0 Å². The third-order valence-corrected chi connectivity index (χ3v) is 3.62. The van der Waals surface area contributed by atoms with Crippen LogP contribution in [0.1, 0.15) is 16.2 Å². The number of rotatable bonds is 3. The van der Waals surface area contributed by atoms with Gasteiger partial charge in [0.1, 0.15) is 17.3 Å². The predicted molar refractivity (Wildman–Crippen MR) is 81.7 cm³/mol. The number of pyridine rings is 2. The van der Waals surface area contributed by atoms with Gasteiger partial charge in [-0.25, -0.2) is 15.8 Å². The van der Waals surface area contributed by atoms with Gasteiger partial charge in [-0.3, -0.25) is 4.79 Å². The van der Waals surface area contributed by atoms with E-state index in [0.717, 1.165) is 10.2 Å². The first-order valence-corrected chi connectivity index (χ1v) is 6.76. The van der Waals surface area contributed by atoms with Crippen LogP contribution in [0.5, 0.6) is 0 Å². The third-order valence-electron chi connectivity index (χ3n) is 2.47. The molecule has 20 heavy (non-hydrogen) atoms. The van der Waals surface area contributed by atoms with Gasteiger partial charge in [0.15, 0.2) is 0 Å². The summed E-state index contributed by atoms with van der Waals surface area (Å²) < 4.78 is 0.862. The summed E-state index contributed by atoms with van der Waals surface area (Å²) in [5, 5.41) is 2.86. The summed E-state index contributed by atoms with van der Waals surface area (Å²) >= 11 is 9.29. The van der Waals surface area contributed by atoms with E-state index in [1.54, 1.807) is 24.3 Å². The molecule has 0 saturated heterocycles. The topological polar surface area (TPSA) is 92.9 Å². The molecule has 0 aromatic carbocycles. The molecule has 0 aliphatic heterocycles. The molecule has 4 N–H and O–H groups in total. The Kier molecular flexibility index (Phi) is 4.53. The van der Waals surface area contributed by atoms with E-state index in [0.29, 0.717) is 11.6 Å². The van der Waals surface area contributed by atoms with Crippen molar-refractivity contribution in [3.63, 3.8) is 0 Å². The second-order valence-electron chi connectivity index (χ2n) is 3.89. The fraction of sp³-hybridized carbons (Fsp3) is 0.0833. The molecule has 1 amide bonds. The summed E-state index contributed by atoms with van der Waals surface area (Å²) in [7, 11) is 0. The van der Waals surface area contributed by atoms with E-state index in [-0.39, 0.29) is 10.7 Å². The number of amides is 1. The van der Waals surface area contributed by atoms with Gasteiger partial charge in [0.05, 0.1) is 10.7 Å². The summed E-state index contributed by atoms with van der Waals surface area (Å²) in [4.78, 5) is 20.4. The molecule has 104 valence electrons. The van der Waals surface area contributed by atoms with Crippen molar-refractivity contribution in [3.05, 3.63) is 45.1 Å². The first-order chi connectivity index (χ1) is 9.51. The van der Waals surface area contributed by atoms with Gasteiger partial charge < -0.3 is 10.7 Å². The molecule has 2 heterocycles. The lowest BCUT2D eigenvalue weighted by molar-refractivity contribution is 0.102. The van der Waals surface area contributed by atoms with Crippen molar-refractivity contribution < 1.29 is 4.79 Å². The van der Waals surface area contributed by atoms with E-state index in [4.69, 9.17) is 17.4 Å². The van der Waals surface area contributed by atoms with Gasteiger partial charge in [-0.05, 0) is 47.1 Å². The van der Waals surface area contributed by atoms with Gasteiger partial charge in [-0.2, -0.15) is 0 Å². The quantitative estimate of drug-likeness (QED) is 0.581. The molecule has 0 saturated carbocycles. The summed E-state index contributed by atoms with van der Waals surface area (Å²) in [5.41, 5.74) is 3.20. The Hall–Kier alpha value is -1.70. The van der Waals surface area contributed by atoms with E-state index >= 15 is 0 Å². The second kappa shape index (κ2) is 6.17. The average molecular weight is 357 g/mol. The molecule has 0 aliphatic carbocycles. The second-order valence-corrected chi connectivity index (χ2v) is 5.15. The highest BCUT2D eigenvalue weighted by molar-refractivity contribution is 9.10. The number of aromatic nitrogens is 2. The maximum absolute atomic E-state index is 12.1. The molecule has 2 aromatic heterocycles. The Balaban J connectivity index is 2.25. The van der Waals surface area contributed by atoms with Crippen molar-refractivity contribution in [1.29, 1.82) is 0 Å². The first kappa shape index (κ1) is 14.7. The fourth-order valence-corrected chi connectivity index (χ4v) is 1.88. The number of carbonyl (C=O) groups is 1. The molecule has 0 bridgehead atoms. The maximum Gasteiger partial charge on any atom is 0.277 e. The molecule has 0 fully saturated rings. The van der Waals surface area contributed by atoms with Crippen LogP contribution < -0.4 is 16.6 Å². The normalized spacial score (nSPS) is 10.2. The van der Waals surface area contributed by atoms with E-state index in [1.165, 1.54) is 0 Å². The van der Waals surface area contributed by atoms with Crippen LogP contribution in [0.25, 0.3) is 0 Å². The lowest BCUT2D eigenvalue weighted by atomic mass is 10.3. The van der Waals surface area contributed by atoms with Crippen molar-refractivity contribution >= 4 is 45.1 Å². The SMILES string of the molecule is Cc1nc(NC(=O)c2nc(NN)ccc2Cl)ccc1Br. The molecule has 8 heteroatoms. The van der Waals surface area contributed by atoms with Gasteiger partial charge in [0, 0.05) is 4.47 Å². The lowest BCUT2D eigenvalue weighted by Gasteiger charge is -2.08. The largest absolute Gasteiger partial charge is 0.308 e. The summed E-state index contributed by atoms with van der Waals surface area (Å²) in [6.45, 7) is 1.82. The maximum atomic E-state index is 12.1. The van der Waals surface area contributed by atoms with Crippen molar-refractivity contribution in [1.82, 2.24) is 9.97 Å². The summed E-state index contributed by atoms with van der Waals surface area (Å²) in [6, 6.07) is 6.58. The van der Waals surface area contributed by atoms with Crippen LogP contribution >= 0.6 is 27.5 Å². The smallest absolute Gasteiger partial charge is 0.277 e. The number of nitrogen functional groups attached to an aromatic ring is 1. The molecule has 0 atom stereocenters. The predicted octanol–water partition coefficient (Wildman–Crippen LogP) is 2.74. The van der Waals surface area contributed by atoms with E-state index in [9.17, 15) is 4.79 Å². The van der Waals surface area contributed by atoms with Gasteiger partial charge in [-0.15, -0.1) is 0 Å². The lowest BCUT2D eigenvalue weighted by Crippen LogP contribution is -2.17. The van der Waals surface area contributed by atoms with Crippen LogP contribution in [0.3, 0.4) is 0 Å². The first-order valence-electron chi connectivity index (χ1n) is 5.59. The highest BCUT2D eigenvalue weighted by Gasteiger charge is 2.14. The average Bonchev–Trinajstić information content (AvgIpc) is 2.43. The highest BCUT2D eigenvalue weighted by atomic mass is 79.9. The minimum absolute atomic E-state index is 0.0736. The minimum Gasteiger partial charge on any atom is -0.308 e. The van der Waals surface area contributed by atoms with E-state index in [1.807, 2.05) is 6.92 Å². The van der Waals surface area contributed by atoms with Gasteiger partial charge in [-0.1, -0.05) is 11.6 Å². The Morgan fingerprint density at radius 2 is 1.95 bits per heavy atom. The standard InChI is InChI=1S/C12H11BrClN5O/c1-6-7(13)2-4-9(16-6)18-12(20)11-8(14)3-5-10(17-11)19-15/h2-5H,15H2,1H3,(H,17,19)(H,16,18,20). The molecule has 0 spiro atoms. The van der Waals surface area contributed by atoms with Crippen LogP contribution in [0.2, 0.25) is 5.02 Å². The molecule has 0 unspecified atom stereocenters. The molecule has 2 rings (SSSR count). The van der Waals surface area contributed by atoms with E-state index in [2.05, 4.69) is 36.6 Å². The molecule has 2 aromatic rings. The Bertz CT molecular complexity index is 664. The number of nitrogens with zero attached hydrogens (tertiary/aromatic N) is 2. The summed E-state index contributed by atoms with van der Waals surface area (Å²) in [6.07, 6.45) is 0. The van der Waals surface area contributed by atoms with Crippen molar-refractivity contribution in [2.24, 2.45) is 5.84 Å². The Labute approximate surface area is 128 Å². The van der Waals surface area contributed by atoms with Crippen LogP contribution in [-0.4, -0.2) is 15.9 Å². The van der Waals surface area contributed by atoms with Crippen LogP contribution in [-0.2, 0) is 0 Å². The number of aryl methyl sites for hydroxylation is 1. The monoisotopic (exact) mass is 355 g/mol. The van der Waals surface area contributed by atoms with Gasteiger partial charge >= 0.3 is 0 Å². The van der Waals surface area contributed by atoms with Crippen LogP contribution in [0.4, 0.5) is 11.6 Å². The van der Waals surface area contributed by atoms with Gasteiger partial charge in [0.2, 0.25) is 0 Å². The van der Waals surface area contributed by atoms with Gasteiger partial charge in [0.25, 0.3) is 5.91 Å². The number of carbonyl (C=O) groups excluding carboxylic acids is 1. The number of hydrogen-bond donors (Lipinski definition) is 3. The van der Waals surface area contributed by atoms with Crippen LogP contribution in [0.15, 0.2) is 28.7 Å². The molecule has 6 nitrogen and oxygen atoms in total. The van der Waals surface area contributed by atoms with Crippen LogP contribution in [0, 0.1) is 6.92 Å². The number of anilines is 2. The van der Waals surface area contributed by atoms with Crippen molar-refractivity contribution in [2.75, 3.05) is 10.7 Å². The number of nitrogens with two attached hydrogens (primary N) is 1. The zero-order chi connectivity index (χ0) is 14.7. The fourth-order valence-electron chi connectivity index (χ4n) is 1.47. The zero-order valence-corrected chi connectivity index (χ0v) is 12.8. The summed E-state index contributed by atoms with van der Waals surface area (Å²) in [5.74, 6) is 5.56. The molecule has 0 radical (unpaired) electrons. The molecular weight excluding hydrogens is 346 g/mol. The zero-order valence-electron chi connectivity index (χ0n) is 10.4.